The first-order chi connectivity index (χ1) is 8.19. The molecule has 2 atom stereocenters. The van der Waals surface area contributed by atoms with Crippen LogP contribution in [0.5, 0.6) is 0 Å². The van der Waals surface area contributed by atoms with Gasteiger partial charge in [-0.3, -0.25) is 14.5 Å². The predicted molar refractivity (Wildman–Crippen MR) is 55.8 cm³/mol. The summed E-state index contributed by atoms with van der Waals surface area (Å²) >= 11 is 0. The number of alkyl halides is 3. The Morgan fingerprint density at radius 3 is 2.44 bits per heavy atom. The monoisotopic (exact) mass is 268 g/mol. The maximum absolute atomic E-state index is 11.9. The number of nitrogens with zero attached hydrogens (tertiary/aromatic N) is 1. The molecule has 1 saturated heterocycles. The summed E-state index contributed by atoms with van der Waals surface area (Å²) in [7, 11) is 0. The van der Waals surface area contributed by atoms with E-state index >= 15 is 0 Å². The molecule has 8 heteroatoms. The largest absolute Gasteiger partial charge is 0.481 e. The van der Waals surface area contributed by atoms with E-state index in [1.165, 1.54) is 0 Å². The summed E-state index contributed by atoms with van der Waals surface area (Å²) < 4.78 is 35.6. The van der Waals surface area contributed by atoms with Crippen molar-refractivity contribution < 1.29 is 27.9 Å². The first-order valence-corrected chi connectivity index (χ1v) is 5.47. The molecule has 0 bridgehead atoms. The number of hydrogen-bond acceptors (Lipinski definition) is 3. The van der Waals surface area contributed by atoms with Crippen LogP contribution in [0.3, 0.4) is 0 Å². The minimum Gasteiger partial charge on any atom is -0.481 e. The Morgan fingerprint density at radius 1 is 1.39 bits per heavy atom. The number of rotatable bonds is 4. The van der Waals surface area contributed by atoms with Gasteiger partial charge in [-0.1, -0.05) is 6.92 Å². The van der Waals surface area contributed by atoms with Crippen LogP contribution in [0.1, 0.15) is 6.92 Å². The van der Waals surface area contributed by atoms with Gasteiger partial charge in [-0.2, -0.15) is 13.2 Å². The van der Waals surface area contributed by atoms with E-state index in [0.717, 1.165) is 0 Å². The molecule has 2 unspecified atom stereocenters. The standard InChI is InChI=1S/C10H15F3N2O3/c1-6-2-15(3-7(6)9(17)18)4-8(16)14-5-10(11,12)13/h6-7H,2-5H2,1H3,(H,14,16)(H,17,18). The molecule has 2 N–H and O–H groups in total. The van der Waals surface area contributed by atoms with Crippen molar-refractivity contribution in [3.63, 3.8) is 0 Å². The molecule has 1 amide bonds. The maximum atomic E-state index is 11.9. The number of nitrogens with one attached hydrogen (secondary N) is 1. The predicted octanol–water partition coefficient (Wildman–Crippen LogP) is 0.317. The van der Waals surface area contributed by atoms with Gasteiger partial charge in [-0.25, -0.2) is 0 Å². The zero-order chi connectivity index (χ0) is 13.9. The third-order valence-corrected chi connectivity index (χ3v) is 2.86. The lowest BCUT2D eigenvalue weighted by Gasteiger charge is -2.15. The first kappa shape index (κ1) is 14.7. The fraction of sp³-hybridized carbons (Fsp3) is 0.800. The summed E-state index contributed by atoms with van der Waals surface area (Å²) in [5, 5.41) is 10.6. The zero-order valence-corrected chi connectivity index (χ0v) is 9.83. The van der Waals surface area contributed by atoms with Crippen LogP contribution in [0, 0.1) is 11.8 Å². The normalized spacial score (nSPS) is 25.1. The third-order valence-electron chi connectivity index (χ3n) is 2.86. The molecule has 0 aromatic carbocycles. The van der Waals surface area contributed by atoms with Crippen LogP contribution in [0.25, 0.3) is 0 Å². The highest BCUT2D eigenvalue weighted by Gasteiger charge is 2.35. The topological polar surface area (TPSA) is 69.6 Å². The summed E-state index contributed by atoms with van der Waals surface area (Å²) in [4.78, 5) is 23.6. The molecule has 1 fully saturated rings. The Labute approximate surface area is 102 Å². The Morgan fingerprint density at radius 2 is 2.00 bits per heavy atom. The smallest absolute Gasteiger partial charge is 0.405 e. The average Bonchev–Trinajstić information content (AvgIpc) is 2.55. The molecule has 18 heavy (non-hydrogen) atoms. The number of carbonyl (C=O) groups is 2. The number of amides is 1. The van der Waals surface area contributed by atoms with Gasteiger partial charge in [0.2, 0.25) is 5.91 Å². The number of aliphatic carboxylic acids is 1. The Kier molecular flexibility index (Phi) is 4.55. The third kappa shape index (κ3) is 4.52. The number of carbonyl (C=O) groups excluding carboxylic acids is 1. The molecule has 0 saturated carbocycles. The second-order valence-electron chi connectivity index (χ2n) is 4.51. The van der Waals surface area contributed by atoms with Crippen molar-refractivity contribution in [2.45, 2.75) is 13.1 Å². The van der Waals surface area contributed by atoms with Crippen molar-refractivity contribution in [2.75, 3.05) is 26.2 Å². The molecule has 0 radical (unpaired) electrons. The van der Waals surface area contributed by atoms with E-state index in [1.54, 1.807) is 17.1 Å². The fourth-order valence-corrected chi connectivity index (χ4v) is 1.98. The number of likely N-dealkylation sites (tertiary alicyclic amines) is 1. The lowest BCUT2D eigenvalue weighted by molar-refractivity contribution is -0.142. The van der Waals surface area contributed by atoms with E-state index in [1.807, 2.05) is 0 Å². The summed E-state index contributed by atoms with van der Waals surface area (Å²) in [6.45, 7) is 0.764. The van der Waals surface area contributed by atoms with Crippen LogP contribution in [0.15, 0.2) is 0 Å². The van der Waals surface area contributed by atoms with Crippen molar-refractivity contribution in [3.05, 3.63) is 0 Å². The van der Waals surface area contributed by atoms with Gasteiger partial charge in [0.05, 0.1) is 12.5 Å². The SMILES string of the molecule is CC1CN(CC(=O)NCC(F)(F)F)CC1C(=O)O. The maximum Gasteiger partial charge on any atom is 0.405 e. The van der Waals surface area contributed by atoms with Crippen LogP contribution in [-0.2, 0) is 9.59 Å². The molecular formula is C10H15F3N2O3. The molecule has 1 heterocycles. The minimum atomic E-state index is -4.43. The van der Waals surface area contributed by atoms with Crippen LogP contribution in [-0.4, -0.2) is 54.2 Å². The molecule has 0 spiro atoms. The molecule has 104 valence electrons. The van der Waals surface area contributed by atoms with Gasteiger partial charge in [-0.15, -0.1) is 0 Å². The minimum absolute atomic E-state index is 0.113. The van der Waals surface area contributed by atoms with Crippen LogP contribution in [0.2, 0.25) is 0 Å². The van der Waals surface area contributed by atoms with Gasteiger partial charge in [0.15, 0.2) is 0 Å². The fourth-order valence-electron chi connectivity index (χ4n) is 1.98. The summed E-state index contributed by atoms with van der Waals surface area (Å²) in [5.74, 6) is -2.37. The number of carboxylic acid groups (broad SMARTS) is 1. The van der Waals surface area contributed by atoms with Crippen LogP contribution < -0.4 is 5.32 Å². The molecule has 1 aliphatic rings. The van der Waals surface area contributed by atoms with E-state index in [0.29, 0.717) is 6.54 Å². The van der Waals surface area contributed by atoms with Crippen molar-refractivity contribution in [2.24, 2.45) is 11.8 Å². The lowest BCUT2D eigenvalue weighted by Crippen LogP contribution is -2.40. The molecular weight excluding hydrogens is 253 g/mol. The quantitative estimate of drug-likeness (QED) is 0.770. The Balaban J connectivity index is 2.36. The summed E-state index contributed by atoms with van der Waals surface area (Å²) in [6.07, 6.45) is -4.43. The highest BCUT2D eigenvalue weighted by atomic mass is 19.4. The van der Waals surface area contributed by atoms with E-state index in [9.17, 15) is 22.8 Å². The average molecular weight is 268 g/mol. The van der Waals surface area contributed by atoms with Gasteiger partial charge in [0.1, 0.15) is 6.54 Å². The van der Waals surface area contributed by atoms with Crippen molar-refractivity contribution in [3.8, 4) is 0 Å². The van der Waals surface area contributed by atoms with Crippen LogP contribution in [0.4, 0.5) is 13.2 Å². The molecule has 0 aliphatic carbocycles. The molecule has 1 rings (SSSR count). The van der Waals surface area contributed by atoms with Gasteiger partial charge in [0.25, 0.3) is 0 Å². The second-order valence-corrected chi connectivity index (χ2v) is 4.51. The number of carboxylic acids is 1. The summed E-state index contributed by atoms with van der Waals surface area (Å²) in [6, 6.07) is 0. The molecule has 5 nitrogen and oxygen atoms in total. The van der Waals surface area contributed by atoms with Crippen molar-refractivity contribution >= 4 is 11.9 Å². The molecule has 0 aromatic heterocycles. The second kappa shape index (κ2) is 5.55. The van der Waals surface area contributed by atoms with E-state index in [4.69, 9.17) is 5.11 Å². The summed E-state index contributed by atoms with van der Waals surface area (Å²) in [5.41, 5.74) is 0. The van der Waals surface area contributed by atoms with E-state index in [-0.39, 0.29) is 19.0 Å². The van der Waals surface area contributed by atoms with Gasteiger partial charge in [-0.05, 0) is 5.92 Å². The van der Waals surface area contributed by atoms with E-state index in [2.05, 4.69) is 0 Å². The molecule has 1 aliphatic heterocycles. The lowest BCUT2D eigenvalue weighted by atomic mass is 9.99. The van der Waals surface area contributed by atoms with Gasteiger partial charge in [0, 0.05) is 13.1 Å². The number of hydrogen-bond donors (Lipinski definition) is 2. The van der Waals surface area contributed by atoms with Gasteiger partial charge < -0.3 is 10.4 Å². The Hall–Kier alpha value is -1.31. The van der Waals surface area contributed by atoms with E-state index < -0.39 is 30.5 Å². The van der Waals surface area contributed by atoms with Crippen LogP contribution >= 0.6 is 0 Å². The molecule has 0 aromatic rings. The first-order valence-electron chi connectivity index (χ1n) is 5.47. The highest BCUT2D eigenvalue weighted by Crippen LogP contribution is 2.22. The van der Waals surface area contributed by atoms with Gasteiger partial charge >= 0.3 is 12.1 Å². The zero-order valence-electron chi connectivity index (χ0n) is 9.83. The van der Waals surface area contributed by atoms with Crippen molar-refractivity contribution in [1.82, 2.24) is 10.2 Å². The van der Waals surface area contributed by atoms with Crippen molar-refractivity contribution in [1.29, 1.82) is 0 Å². The Bertz CT molecular complexity index is 333. The number of halogens is 3. The highest BCUT2D eigenvalue weighted by molar-refractivity contribution is 5.78.